The molecule has 0 aliphatic carbocycles. The van der Waals surface area contributed by atoms with Crippen LogP contribution in [0.25, 0.3) is 10.9 Å². The molecule has 2 heterocycles. The van der Waals surface area contributed by atoms with E-state index in [0.29, 0.717) is 5.56 Å². The summed E-state index contributed by atoms with van der Waals surface area (Å²) in [6.07, 6.45) is 0. The Hall–Kier alpha value is -2.96. The van der Waals surface area contributed by atoms with Crippen molar-refractivity contribution in [1.29, 1.82) is 0 Å². The van der Waals surface area contributed by atoms with E-state index in [1.54, 1.807) is 0 Å². The maximum atomic E-state index is 13.0. The number of carbonyl (C=O) groups is 2. The highest BCUT2D eigenvalue weighted by molar-refractivity contribution is 6.30. The number of aryl methyl sites for hydroxylation is 1. The Kier molecular flexibility index (Phi) is 5.94. The second-order valence-electron chi connectivity index (χ2n) is 7.70. The summed E-state index contributed by atoms with van der Waals surface area (Å²) >= 11 is 6.60. The lowest BCUT2D eigenvalue weighted by Crippen LogP contribution is -2.37. The normalized spacial score (nSPS) is 23.0. The van der Waals surface area contributed by atoms with E-state index in [0.717, 1.165) is 22.0 Å². The second-order valence-corrected chi connectivity index (χ2v) is 8.05. The van der Waals surface area contributed by atoms with E-state index in [1.807, 2.05) is 61.5 Å². The number of carbonyl (C=O) groups excluding carboxylic acids is 2. The first-order valence-electron chi connectivity index (χ1n) is 9.98. The topological polar surface area (TPSA) is 77.5 Å². The van der Waals surface area contributed by atoms with Crippen molar-refractivity contribution in [2.45, 2.75) is 24.9 Å². The van der Waals surface area contributed by atoms with Crippen molar-refractivity contribution in [3.8, 4) is 0 Å². The number of aromatic nitrogens is 1. The molecule has 0 bridgehead atoms. The van der Waals surface area contributed by atoms with Gasteiger partial charge in [-0.3, -0.25) is 14.9 Å². The smallest absolute Gasteiger partial charge is 0.323 e. The quantitative estimate of drug-likeness (QED) is 0.491. The van der Waals surface area contributed by atoms with Gasteiger partial charge in [-0.2, -0.15) is 0 Å². The van der Waals surface area contributed by atoms with Crippen molar-refractivity contribution in [2.75, 3.05) is 14.2 Å². The Morgan fingerprint density at radius 2 is 1.71 bits per heavy atom. The van der Waals surface area contributed by atoms with Crippen LogP contribution >= 0.6 is 11.6 Å². The SMILES string of the molecule is COC(=O)[C@H]1[C@H](c2cc3cc(C)ccc3nc2Cl)[C@@H](C(=O)OC)N[C@H]1c1ccccc1. The minimum Gasteiger partial charge on any atom is -0.469 e. The van der Waals surface area contributed by atoms with E-state index in [1.165, 1.54) is 14.2 Å². The number of ether oxygens (including phenoxy) is 2. The molecule has 1 fully saturated rings. The zero-order valence-electron chi connectivity index (χ0n) is 17.5. The monoisotopic (exact) mass is 438 g/mol. The highest BCUT2D eigenvalue weighted by atomic mass is 35.5. The van der Waals surface area contributed by atoms with Crippen molar-refractivity contribution in [3.05, 3.63) is 76.4 Å². The summed E-state index contributed by atoms with van der Waals surface area (Å²) in [6, 6.07) is 16.0. The minimum absolute atomic E-state index is 0.250. The van der Waals surface area contributed by atoms with Crippen LogP contribution in [0, 0.1) is 12.8 Å². The van der Waals surface area contributed by atoms with Gasteiger partial charge < -0.3 is 9.47 Å². The zero-order chi connectivity index (χ0) is 22.1. The largest absolute Gasteiger partial charge is 0.469 e. The van der Waals surface area contributed by atoms with Gasteiger partial charge in [0.1, 0.15) is 11.2 Å². The van der Waals surface area contributed by atoms with E-state index in [4.69, 9.17) is 21.1 Å². The fourth-order valence-corrected chi connectivity index (χ4v) is 4.71. The van der Waals surface area contributed by atoms with Crippen LogP contribution in [0.2, 0.25) is 5.15 Å². The molecule has 0 spiro atoms. The fourth-order valence-electron chi connectivity index (χ4n) is 4.44. The van der Waals surface area contributed by atoms with Crippen LogP contribution in [0.3, 0.4) is 0 Å². The summed E-state index contributed by atoms with van der Waals surface area (Å²) in [5, 5.41) is 4.43. The molecule has 0 saturated carbocycles. The Bertz CT molecular complexity index is 1140. The molecule has 31 heavy (non-hydrogen) atoms. The molecule has 6 nitrogen and oxygen atoms in total. The van der Waals surface area contributed by atoms with Gasteiger partial charge in [0.25, 0.3) is 0 Å². The predicted molar refractivity (Wildman–Crippen MR) is 118 cm³/mol. The molecule has 7 heteroatoms. The third-order valence-corrected chi connectivity index (χ3v) is 6.16. The molecule has 0 unspecified atom stereocenters. The summed E-state index contributed by atoms with van der Waals surface area (Å²) in [4.78, 5) is 30.3. The Morgan fingerprint density at radius 3 is 2.39 bits per heavy atom. The number of pyridine rings is 1. The second kappa shape index (κ2) is 8.65. The summed E-state index contributed by atoms with van der Waals surface area (Å²) < 4.78 is 10.2. The molecule has 0 amide bonds. The van der Waals surface area contributed by atoms with Gasteiger partial charge in [0.15, 0.2) is 0 Å². The van der Waals surface area contributed by atoms with Crippen LogP contribution in [-0.4, -0.2) is 37.2 Å². The molecule has 160 valence electrons. The molecule has 1 aromatic heterocycles. The number of hydrogen-bond acceptors (Lipinski definition) is 6. The maximum absolute atomic E-state index is 13.0. The molecule has 1 saturated heterocycles. The Morgan fingerprint density at radius 1 is 1.00 bits per heavy atom. The highest BCUT2D eigenvalue weighted by Gasteiger charge is 2.52. The maximum Gasteiger partial charge on any atom is 0.323 e. The average molecular weight is 439 g/mol. The third kappa shape index (κ3) is 3.89. The molecule has 2 aromatic carbocycles. The lowest BCUT2D eigenvalue weighted by molar-refractivity contribution is -0.146. The van der Waals surface area contributed by atoms with Gasteiger partial charge >= 0.3 is 11.9 Å². The van der Waals surface area contributed by atoms with Gasteiger partial charge in [-0.1, -0.05) is 53.6 Å². The molecule has 3 aromatic rings. The van der Waals surface area contributed by atoms with Crippen LogP contribution in [0.5, 0.6) is 0 Å². The van der Waals surface area contributed by atoms with Crippen LogP contribution in [0.15, 0.2) is 54.6 Å². The van der Waals surface area contributed by atoms with Crippen molar-refractivity contribution < 1.29 is 19.1 Å². The number of nitrogens with zero attached hydrogens (tertiary/aromatic N) is 1. The first kappa shape index (κ1) is 21.3. The highest BCUT2D eigenvalue weighted by Crippen LogP contribution is 2.46. The molecular weight excluding hydrogens is 416 g/mol. The van der Waals surface area contributed by atoms with E-state index in [2.05, 4.69) is 10.3 Å². The summed E-state index contributed by atoms with van der Waals surface area (Å²) in [5.74, 6) is -2.22. The van der Waals surface area contributed by atoms with E-state index >= 15 is 0 Å². The zero-order valence-corrected chi connectivity index (χ0v) is 18.2. The standard InChI is InChI=1S/C24H23ClN2O4/c1-13-9-10-17-15(11-13)12-16(22(25)26-17)18-19(23(28)30-2)20(14-7-5-4-6-8-14)27-21(18)24(29)31-3/h4-12,18-21,27H,1-3H3/t18-,19-,20-,21-/m0/s1. The molecule has 4 rings (SSSR count). The third-order valence-electron chi connectivity index (χ3n) is 5.86. The number of methoxy groups -OCH3 is 2. The number of esters is 2. The fraction of sp³-hybridized carbons (Fsp3) is 0.292. The first-order chi connectivity index (χ1) is 14.9. The van der Waals surface area contributed by atoms with Crippen LogP contribution in [0.4, 0.5) is 0 Å². The van der Waals surface area contributed by atoms with E-state index < -0.39 is 35.9 Å². The Labute approximate surface area is 185 Å². The van der Waals surface area contributed by atoms with Gasteiger partial charge in [0.05, 0.1) is 25.7 Å². The lowest BCUT2D eigenvalue weighted by atomic mass is 9.80. The number of hydrogen-bond donors (Lipinski definition) is 1. The molecule has 4 atom stereocenters. The molecule has 1 aliphatic heterocycles. The van der Waals surface area contributed by atoms with Gasteiger partial charge in [-0.15, -0.1) is 0 Å². The average Bonchev–Trinajstić information content (AvgIpc) is 3.18. The van der Waals surface area contributed by atoms with E-state index in [-0.39, 0.29) is 5.15 Å². The number of fused-ring (bicyclic) bond motifs is 1. The van der Waals surface area contributed by atoms with Crippen molar-refractivity contribution >= 4 is 34.4 Å². The van der Waals surface area contributed by atoms with Crippen molar-refractivity contribution in [3.63, 3.8) is 0 Å². The molecule has 0 radical (unpaired) electrons. The molecular formula is C24H23ClN2O4. The van der Waals surface area contributed by atoms with Crippen molar-refractivity contribution in [2.24, 2.45) is 5.92 Å². The number of halogens is 1. The molecule has 1 N–H and O–H groups in total. The number of rotatable bonds is 4. The lowest BCUT2D eigenvalue weighted by Gasteiger charge is -2.24. The van der Waals surface area contributed by atoms with Gasteiger partial charge in [0, 0.05) is 17.3 Å². The van der Waals surface area contributed by atoms with Gasteiger partial charge in [-0.05, 0) is 36.2 Å². The number of benzene rings is 2. The molecule has 1 aliphatic rings. The number of nitrogens with one attached hydrogen (secondary N) is 1. The summed E-state index contributed by atoms with van der Waals surface area (Å²) in [5.41, 5.74) is 3.30. The minimum atomic E-state index is -0.791. The van der Waals surface area contributed by atoms with Crippen LogP contribution < -0.4 is 5.32 Å². The summed E-state index contributed by atoms with van der Waals surface area (Å²) in [6.45, 7) is 1.99. The van der Waals surface area contributed by atoms with Gasteiger partial charge in [0.2, 0.25) is 0 Å². The summed E-state index contributed by atoms with van der Waals surface area (Å²) in [7, 11) is 2.67. The van der Waals surface area contributed by atoms with Gasteiger partial charge in [-0.25, -0.2) is 4.98 Å². The van der Waals surface area contributed by atoms with E-state index in [9.17, 15) is 9.59 Å². The van der Waals surface area contributed by atoms with Crippen LogP contribution in [0.1, 0.15) is 28.7 Å². The van der Waals surface area contributed by atoms with Crippen LogP contribution in [-0.2, 0) is 19.1 Å². The predicted octanol–water partition coefficient (Wildman–Crippen LogP) is 3.96. The Balaban J connectivity index is 1.91. The van der Waals surface area contributed by atoms with Crippen molar-refractivity contribution in [1.82, 2.24) is 10.3 Å². The first-order valence-corrected chi connectivity index (χ1v) is 10.4.